The van der Waals surface area contributed by atoms with Gasteiger partial charge in [-0.25, -0.2) is 0 Å². The van der Waals surface area contributed by atoms with Gasteiger partial charge in [0.05, 0.1) is 0 Å². The lowest BCUT2D eigenvalue weighted by Gasteiger charge is -2.23. The summed E-state index contributed by atoms with van der Waals surface area (Å²) in [6, 6.07) is 11.3. The molecule has 2 unspecified atom stereocenters. The minimum Gasteiger partial charge on any atom is -0.161 e. The highest BCUT2D eigenvalue weighted by molar-refractivity contribution is 7.27. The molecule has 0 saturated heterocycles. The van der Waals surface area contributed by atoms with Crippen molar-refractivity contribution in [2.24, 2.45) is 0 Å². The Morgan fingerprint density at radius 3 is 1.30 bits per heavy atom. The van der Waals surface area contributed by atoms with E-state index in [0.717, 1.165) is 12.1 Å². The highest BCUT2D eigenvalue weighted by atomic mass is 35.6. The largest absolute Gasteiger partial charge is 0.183 e. The second-order valence-electron chi connectivity index (χ2n) is 6.18. The zero-order valence-electron chi connectivity index (χ0n) is 13.3. The van der Waals surface area contributed by atoms with E-state index in [2.05, 4.69) is 51.2 Å². The summed E-state index contributed by atoms with van der Waals surface area (Å²) < 4.78 is 0. The van der Waals surface area contributed by atoms with Crippen molar-refractivity contribution in [3.63, 3.8) is 0 Å². The average molecular weight is 347 g/mol. The van der Waals surface area contributed by atoms with Crippen LogP contribution in [0.1, 0.15) is 39.5 Å². The summed E-state index contributed by atoms with van der Waals surface area (Å²) in [4.78, 5) is 0. The molecule has 0 aliphatic rings. The predicted octanol–water partition coefficient (Wildman–Crippen LogP) is 5.33. The van der Waals surface area contributed by atoms with Gasteiger partial charge in [-0.05, 0) is 22.5 Å². The van der Waals surface area contributed by atoms with Crippen molar-refractivity contribution in [3.05, 3.63) is 24.3 Å². The van der Waals surface area contributed by atoms with Crippen LogP contribution in [0.25, 0.3) is 0 Å². The van der Waals surface area contributed by atoms with Crippen molar-refractivity contribution in [3.8, 4) is 0 Å². The lowest BCUT2D eigenvalue weighted by atomic mass is 10.4. The van der Waals surface area contributed by atoms with Crippen molar-refractivity contribution in [2.45, 2.75) is 64.7 Å². The maximum absolute atomic E-state index is 6.81. The van der Waals surface area contributed by atoms with Crippen LogP contribution in [0.5, 0.6) is 0 Å². The standard InChI is InChI=1S/C16H28Cl2Si2/c1-5-7-13-19(3,17)15-9-11-16(12-10-15)20(4,18)14-8-6-2/h9-12H,5-8,13-14H2,1-4H3. The molecule has 2 atom stereocenters. The molecule has 0 aromatic heterocycles. The Morgan fingerprint density at radius 1 is 0.750 bits per heavy atom. The van der Waals surface area contributed by atoms with Crippen LogP contribution >= 0.6 is 22.2 Å². The fourth-order valence-electron chi connectivity index (χ4n) is 2.47. The molecule has 0 nitrogen and oxygen atoms in total. The second kappa shape index (κ2) is 8.02. The minimum absolute atomic E-state index is 1.16. The van der Waals surface area contributed by atoms with Gasteiger partial charge >= 0.3 is 0 Å². The molecule has 1 rings (SSSR count). The zero-order chi connectivity index (χ0) is 15.2. The molecule has 0 saturated carbocycles. The van der Waals surface area contributed by atoms with Crippen LogP contribution in [0.3, 0.4) is 0 Å². The Morgan fingerprint density at radius 2 is 1.05 bits per heavy atom. The molecular weight excluding hydrogens is 319 g/mol. The molecule has 0 fully saturated rings. The van der Waals surface area contributed by atoms with Crippen LogP contribution in [-0.2, 0) is 0 Å². The van der Waals surface area contributed by atoms with Gasteiger partial charge in [-0.15, -0.1) is 0 Å². The maximum Gasteiger partial charge on any atom is 0.183 e. The van der Waals surface area contributed by atoms with Crippen molar-refractivity contribution < 1.29 is 0 Å². The molecule has 0 aliphatic heterocycles. The molecule has 0 amide bonds. The summed E-state index contributed by atoms with van der Waals surface area (Å²) in [5.74, 6) is 0. The van der Waals surface area contributed by atoms with Gasteiger partial charge in [-0.1, -0.05) is 76.9 Å². The van der Waals surface area contributed by atoms with Crippen LogP contribution in [0.15, 0.2) is 24.3 Å². The van der Waals surface area contributed by atoms with Crippen LogP contribution in [0.4, 0.5) is 0 Å². The summed E-state index contributed by atoms with van der Waals surface area (Å²) in [5, 5.41) is 2.71. The molecule has 20 heavy (non-hydrogen) atoms. The van der Waals surface area contributed by atoms with Crippen LogP contribution in [0.2, 0.25) is 25.2 Å². The molecule has 114 valence electrons. The van der Waals surface area contributed by atoms with E-state index in [-0.39, 0.29) is 0 Å². The van der Waals surface area contributed by atoms with Gasteiger partial charge in [-0.2, -0.15) is 22.2 Å². The van der Waals surface area contributed by atoms with E-state index in [1.54, 1.807) is 0 Å². The molecule has 1 aromatic carbocycles. The summed E-state index contributed by atoms with van der Waals surface area (Å²) in [5.41, 5.74) is 0. The summed E-state index contributed by atoms with van der Waals surface area (Å²) in [7, 11) is -3.53. The maximum atomic E-state index is 6.81. The lowest BCUT2D eigenvalue weighted by Crippen LogP contribution is -2.43. The van der Waals surface area contributed by atoms with Gasteiger partial charge < -0.3 is 0 Å². The zero-order valence-corrected chi connectivity index (χ0v) is 16.8. The number of unbranched alkanes of at least 4 members (excludes halogenated alkanes) is 2. The molecule has 0 aliphatic carbocycles. The monoisotopic (exact) mass is 346 g/mol. The van der Waals surface area contributed by atoms with Gasteiger partial charge in [0.1, 0.15) is 0 Å². The van der Waals surface area contributed by atoms with Crippen molar-refractivity contribution >= 4 is 47.3 Å². The van der Waals surface area contributed by atoms with Gasteiger partial charge in [0.2, 0.25) is 0 Å². The Bertz CT molecular complexity index is 360. The summed E-state index contributed by atoms with van der Waals surface area (Å²) in [6.45, 7) is 8.96. The third-order valence-corrected chi connectivity index (χ3v) is 12.2. The molecule has 0 bridgehead atoms. The van der Waals surface area contributed by atoms with E-state index < -0.39 is 14.8 Å². The highest BCUT2D eigenvalue weighted by Gasteiger charge is 2.29. The molecule has 4 heteroatoms. The van der Waals surface area contributed by atoms with Crippen molar-refractivity contribution in [1.82, 2.24) is 0 Å². The topological polar surface area (TPSA) is 0 Å². The number of hydrogen-bond donors (Lipinski definition) is 0. The summed E-state index contributed by atoms with van der Waals surface area (Å²) >= 11 is 13.6. The molecule has 0 heterocycles. The number of halogens is 2. The number of hydrogen-bond acceptors (Lipinski definition) is 0. The first-order chi connectivity index (χ1) is 9.33. The van der Waals surface area contributed by atoms with Crippen LogP contribution in [0, 0.1) is 0 Å². The van der Waals surface area contributed by atoms with E-state index in [1.807, 2.05) is 0 Å². The molecular formula is C16H28Cl2Si2. The third kappa shape index (κ3) is 5.21. The van der Waals surface area contributed by atoms with Gasteiger partial charge in [-0.3, -0.25) is 0 Å². The fraction of sp³-hybridized carbons (Fsp3) is 0.625. The first-order valence-electron chi connectivity index (χ1n) is 7.82. The number of rotatable bonds is 8. The third-order valence-electron chi connectivity index (χ3n) is 4.09. The summed E-state index contributed by atoms with van der Waals surface area (Å²) in [6.07, 6.45) is 4.90. The van der Waals surface area contributed by atoms with Gasteiger partial charge in [0, 0.05) is 0 Å². The van der Waals surface area contributed by atoms with Gasteiger partial charge in [0.15, 0.2) is 14.8 Å². The molecule has 1 aromatic rings. The van der Waals surface area contributed by atoms with Crippen molar-refractivity contribution in [2.75, 3.05) is 0 Å². The molecule has 0 spiro atoms. The first-order valence-corrected chi connectivity index (χ1v) is 15.3. The Labute approximate surface area is 136 Å². The van der Waals surface area contributed by atoms with E-state index in [0.29, 0.717) is 0 Å². The smallest absolute Gasteiger partial charge is 0.161 e. The quantitative estimate of drug-likeness (QED) is 0.440. The van der Waals surface area contributed by atoms with E-state index >= 15 is 0 Å². The fourth-order valence-corrected chi connectivity index (χ4v) is 8.36. The first kappa shape index (κ1) is 18.3. The Balaban J connectivity index is 2.82. The van der Waals surface area contributed by atoms with Crippen molar-refractivity contribution in [1.29, 1.82) is 0 Å². The SMILES string of the molecule is CCCC[Si](C)(Cl)c1ccc([Si](C)(Cl)CCCC)cc1. The average Bonchev–Trinajstić information content (AvgIpc) is 2.43. The van der Waals surface area contributed by atoms with Crippen LogP contribution < -0.4 is 10.4 Å². The van der Waals surface area contributed by atoms with Gasteiger partial charge in [0.25, 0.3) is 0 Å². The van der Waals surface area contributed by atoms with E-state index in [1.165, 1.54) is 36.1 Å². The van der Waals surface area contributed by atoms with E-state index in [9.17, 15) is 0 Å². The molecule has 0 N–H and O–H groups in total. The van der Waals surface area contributed by atoms with Crippen LogP contribution in [-0.4, -0.2) is 14.8 Å². The highest BCUT2D eigenvalue weighted by Crippen LogP contribution is 2.21. The second-order valence-corrected chi connectivity index (χ2v) is 18.1. The predicted molar refractivity (Wildman–Crippen MR) is 100 cm³/mol. The Hall–Kier alpha value is 0.234. The Kier molecular flexibility index (Phi) is 7.33. The molecule has 0 radical (unpaired) electrons. The minimum atomic E-state index is -1.76. The normalized spacial score (nSPS) is 17.5. The number of benzene rings is 1. The lowest BCUT2D eigenvalue weighted by molar-refractivity contribution is 0.874. The van der Waals surface area contributed by atoms with E-state index in [4.69, 9.17) is 22.2 Å².